The normalized spacial score (nSPS) is 22.2. The summed E-state index contributed by atoms with van der Waals surface area (Å²) in [5, 5.41) is 0. The van der Waals surface area contributed by atoms with Gasteiger partial charge in [0.15, 0.2) is 0 Å². The van der Waals surface area contributed by atoms with Crippen LogP contribution in [0.1, 0.15) is 78.1 Å². The van der Waals surface area contributed by atoms with Gasteiger partial charge in [-0.1, -0.05) is 52.4 Å². The van der Waals surface area contributed by atoms with Crippen molar-refractivity contribution in [3.63, 3.8) is 0 Å². The lowest BCUT2D eigenvalue weighted by molar-refractivity contribution is -0.138. The molecule has 1 saturated carbocycles. The van der Waals surface area contributed by atoms with E-state index in [1.165, 1.54) is 38.5 Å². The van der Waals surface area contributed by atoms with Crippen LogP contribution in [0.4, 0.5) is 0 Å². The van der Waals surface area contributed by atoms with Gasteiger partial charge in [-0.05, 0) is 38.1 Å². The van der Waals surface area contributed by atoms with E-state index in [0.717, 1.165) is 38.8 Å². The van der Waals surface area contributed by atoms with Gasteiger partial charge in [-0.3, -0.25) is 4.79 Å². The van der Waals surface area contributed by atoms with Crippen molar-refractivity contribution in [2.45, 2.75) is 78.1 Å². The molecule has 0 saturated heterocycles. The second-order valence-corrected chi connectivity index (χ2v) is 6.63. The molecule has 0 aromatic rings. The highest BCUT2D eigenvalue weighted by Gasteiger charge is 2.32. The number of nitrogens with two attached hydrogens (primary N) is 1. The summed E-state index contributed by atoms with van der Waals surface area (Å²) >= 11 is 0. The molecule has 1 amide bonds. The predicted octanol–water partition coefficient (Wildman–Crippen LogP) is 3.96. The Morgan fingerprint density at radius 3 is 2.10 bits per heavy atom. The summed E-state index contributed by atoms with van der Waals surface area (Å²) in [5.74, 6) is 1.02. The van der Waals surface area contributed by atoms with Crippen LogP contribution in [0.2, 0.25) is 0 Å². The maximum Gasteiger partial charge on any atom is 0.226 e. The van der Waals surface area contributed by atoms with Gasteiger partial charge in [0.1, 0.15) is 0 Å². The summed E-state index contributed by atoms with van der Waals surface area (Å²) in [5.41, 5.74) is 5.90. The Kier molecular flexibility index (Phi) is 9.73. The molecule has 0 heterocycles. The summed E-state index contributed by atoms with van der Waals surface area (Å²) in [6, 6.07) is 0. The minimum atomic E-state index is 0.201. The Bertz CT molecular complexity index is 270. The third-order valence-corrected chi connectivity index (χ3v) is 4.90. The SMILES string of the molecule is CCCCCN(CCCCC)C(=O)C1CCCCC1CN. The second kappa shape index (κ2) is 11.1. The van der Waals surface area contributed by atoms with Crippen LogP contribution >= 0.6 is 0 Å². The van der Waals surface area contributed by atoms with E-state index >= 15 is 0 Å². The lowest BCUT2D eigenvalue weighted by Gasteiger charge is -2.34. The van der Waals surface area contributed by atoms with Gasteiger partial charge >= 0.3 is 0 Å². The standard InChI is InChI=1S/C18H36N2O/c1-3-5-9-13-20(14-10-6-4-2)18(21)17-12-8-7-11-16(17)15-19/h16-17H,3-15,19H2,1-2H3. The first kappa shape index (κ1) is 18.5. The topological polar surface area (TPSA) is 46.3 Å². The van der Waals surface area contributed by atoms with E-state index in [1.807, 2.05) is 0 Å². The molecule has 3 heteroatoms. The Hall–Kier alpha value is -0.570. The summed E-state index contributed by atoms with van der Waals surface area (Å²) in [4.78, 5) is 15.1. The fourth-order valence-corrected chi connectivity index (χ4v) is 3.49. The summed E-state index contributed by atoms with van der Waals surface area (Å²) in [7, 11) is 0. The molecular weight excluding hydrogens is 260 g/mol. The molecule has 2 atom stereocenters. The third-order valence-electron chi connectivity index (χ3n) is 4.90. The Balaban J connectivity index is 2.58. The Labute approximate surface area is 131 Å². The van der Waals surface area contributed by atoms with Crippen LogP contribution in [0.15, 0.2) is 0 Å². The lowest BCUT2D eigenvalue weighted by Crippen LogP contribution is -2.43. The molecule has 0 radical (unpaired) electrons. The molecule has 2 N–H and O–H groups in total. The van der Waals surface area contributed by atoms with Crippen molar-refractivity contribution in [2.75, 3.05) is 19.6 Å². The average Bonchev–Trinajstić information content (AvgIpc) is 2.53. The van der Waals surface area contributed by atoms with E-state index in [2.05, 4.69) is 18.7 Å². The largest absolute Gasteiger partial charge is 0.342 e. The van der Waals surface area contributed by atoms with Gasteiger partial charge in [0.2, 0.25) is 5.91 Å². The molecule has 124 valence electrons. The summed E-state index contributed by atoms with van der Waals surface area (Å²) < 4.78 is 0. The maximum atomic E-state index is 12.9. The highest BCUT2D eigenvalue weighted by atomic mass is 16.2. The molecular formula is C18H36N2O. The Morgan fingerprint density at radius 1 is 1.00 bits per heavy atom. The van der Waals surface area contributed by atoms with Crippen molar-refractivity contribution in [1.29, 1.82) is 0 Å². The van der Waals surface area contributed by atoms with Crippen molar-refractivity contribution in [2.24, 2.45) is 17.6 Å². The monoisotopic (exact) mass is 296 g/mol. The van der Waals surface area contributed by atoms with Crippen LogP contribution in [-0.4, -0.2) is 30.4 Å². The zero-order chi connectivity index (χ0) is 15.5. The molecule has 1 aliphatic carbocycles. The molecule has 0 spiro atoms. The van der Waals surface area contributed by atoms with E-state index in [-0.39, 0.29) is 5.92 Å². The summed E-state index contributed by atoms with van der Waals surface area (Å²) in [6.07, 6.45) is 11.8. The molecule has 0 aromatic carbocycles. The molecule has 1 rings (SSSR count). The smallest absolute Gasteiger partial charge is 0.226 e. The average molecular weight is 296 g/mol. The van der Waals surface area contributed by atoms with Gasteiger partial charge in [0.25, 0.3) is 0 Å². The number of hydrogen-bond donors (Lipinski definition) is 1. The predicted molar refractivity (Wildman–Crippen MR) is 90.1 cm³/mol. The van der Waals surface area contributed by atoms with Crippen LogP contribution in [0.25, 0.3) is 0 Å². The first-order chi connectivity index (χ1) is 10.2. The fraction of sp³-hybridized carbons (Fsp3) is 0.944. The number of unbranched alkanes of at least 4 members (excludes halogenated alkanes) is 4. The first-order valence-corrected chi connectivity index (χ1v) is 9.23. The highest BCUT2D eigenvalue weighted by molar-refractivity contribution is 5.79. The van der Waals surface area contributed by atoms with Gasteiger partial charge in [0.05, 0.1) is 0 Å². The van der Waals surface area contributed by atoms with Crippen LogP contribution in [0.5, 0.6) is 0 Å². The van der Waals surface area contributed by atoms with Crippen LogP contribution in [0.3, 0.4) is 0 Å². The van der Waals surface area contributed by atoms with E-state index in [4.69, 9.17) is 5.73 Å². The maximum absolute atomic E-state index is 12.9. The number of amides is 1. The zero-order valence-electron chi connectivity index (χ0n) is 14.3. The number of nitrogens with zero attached hydrogens (tertiary/aromatic N) is 1. The number of carbonyl (C=O) groups excluding carboxylic acids is 1. The minimum absolute atomic E-state index is 0.201. The van der Waals surface area contributed by atoms with Gasteiger partial charge in [-0.2, -0.15) is 0 Å². The molecule has 1 aliphatic rings. The lowest BCUT2D eigenvalue weighted by atomic mass is 9.78. The summed E-state index contributed by atoms with van der Waals surface area (Å²) in [6.45, 7) is 7.01. The Morgan fingerprint density at radius 2 is 1.57 bits per heavy atom. The quantitative estimate of drug-likeness (QED) is 0.620. The van der Waals surface area contributed by atoms with Gasteiger partial charge in [0, 0.05) is 19.0 Å². The van der Waals surface area contributed by atoms with Gasteiger partial charge in [-0.25, -0.2) is 0 Å². The number of carbonyl (C=O) groups is 1. The molecule has 3 nitrogen and oxygen atoms in total. The molecule has 1 fully saturated rings. The molecule has 0 aliphatic heterocycles. The van der Waals surface area contributed by atoms with E-state index in [1.54, 1.807) is 0 Å². The zero-order valence-corrected chi connectivity index (χ0v) is 14.3. The van der Waals surface area contributed by atoms with Crippen molar-refractivity contribution in [3.05, 3.63) is 0 Å². The van der Waals surface area contributed by atoms with Crippen molar-refractivity contribution in [3.8, 4) is 0 Å². The third kappa shape index (κ3) is 6.37. The van der Waals surface area contributed by atoms with Gasteiger partial charge in [-0.15, -0.1) is 0 Å². The van der Waals surface area contributed by atoms with Crippen molar-refractivity contribution in [1.82, 2.24) is 4.90 Å². The van der Waals surface area contributed by atoms with Crippen LogP contribution in [-0.2, 0) is 4.79 Å². The molecule has 21 heavy (non-hydrogen) atoms. The second-order valence-electron chi connectivity index (χ2n) is 6.63. The van der Waals surface area contributed by atoms with Crippen molar-refractivity contribution < 1.29 is 4.79 Å². The fourth-order valence-electron chi connectivity index (χ4n) is 3.49. The van der Waals surface area contributed by atoms with E-state index in [9.17, 15) is 4.79 Å². The van der Waals surface area contributed by atoms with Crippen molar-refractivity contribution >= 4 is 5.91 Å². The minimum Gasteiger partial charge on any atom is -0.342 e. The van der Waals surface area contributed by atoms with Crippen LogP contribution < -0.4 is 5.73 Å². The highest BCUT2D eigenvalue weighted by Crippen LogP contribution is 2.31. The van der Waals surface area contributed by atoms with Crippen LogP contribution in [0, 0.1) is 11.8 Å². The van der Waals surface area contributed by atoms with E-state index < -0.39 is 0 Å². The molecule has 0 bridgehead atoms. The molecule has 0 aromatic heterocycles. The first-order valence-electron chi connectivity index (χ1n) is 9.23. The number of hydrogen-bond acceptors (Lipinski definition) is 2. The van der Waals surface area contributed by atoms with E-state index in [0.29, 0.717) is 18.4 Å². The van der Waals surface area contributed by atoms with Gasteiger partial charge < -0.3 is 10.6 Å². The number of rotatable bonds is 10. The molecule has 2 unspecified atom stereocenters.